The summed E-state index contributed by atoms with van der Waals surface area (Å²) in [5.41, 5.74) is -0.941. The van der Waals surface area contributed by atoms with E-state index in [-0.39, 0.29) is 6.61 Å². The highest BCUT2D eigenvalue weighted by molar-refractivity contribution is 5.69. The number of aliphatic hydroxyl groups is 1. The quantitative estimate of drug-likeness (QED) is 0.542. The van der Waals surface area contributed by atoms with E-state index in [1.165, 1.54) is 12.1 Å². The zero-order valence-corrected chi connectivity index (χ0v) is 19.7. The van der Waals surface area contributed by atoms with Gasteiger partial charge in [-0.2, -0.15) is 0 Å². The van der Waals surface area contributed by atoms with Gasteiger partial charge in [0.25, 0.3) is 0 Å². The number of unbranched alkanes of at least 4 members (excludes halogenated alkanes) is 1. The van der Waals surface area contributed by atoms with E-state index < -0.39 is 35.4 Å². The van der Waals surface area contributed by atoms with E-state index in [1.807, 2.05) is 20.8 Å². The van der Waals surface area contributed by atoms with E-state index in [0.29, 0.717) is 24.1 Å². The molecule has 6 nitrogen and oxygen atoms in total. The number of benzene rings is 1. The van der Waals surface area contributed by atoms with Crippen LogP contribution in [0.4, 0.5) is 9.18 Å². The van der Waals surface area contributed by atoms with Gasteiger partial charge in [-0.25, -0.2) is 9.18 Å². The standard InChI is InChI=1S/C24H38FNO5/c1-7-8-11-21(29-6)30-16-17-15-18(25)12-13-19(17)24(5,28)20-10-9-14-26(20)22(27)31-23(2,3)4/h12-13,15,20-21,28H,7-11,14,16H2,1-6H3/t20-,21?,24?/m1/s1. The van der Waals surface area contributed by atoms with Crippen LogP contribution < -0.4 is 0 Å². The van der Waals surface area contributed by atoms with E-state index in [1.54, 1.807) is 25.0 Å². The normalized spacial score (nSPS) is 19.9. The van der Waals surface area contributed by atoms with Gasteiger partial charge in [-0.3, -0.25) is 0 Å². The minimum atomic E-state index is -1.40. The van der Waals surface area contributed by atoms with E-state index >= 15 is 0 Å². The number of methoxy groups -OCH3 is 1. The predicted octanol–water partition coefficient (Wildman–Crippen LogP) is 5.11. The van der Waals surface area contributed by atoms with Crippen molar-refractivity contribution in [1.29, 1.82) is 0 Å². The topological polar surface area (TPSA) is 68.2 Å². The molecule has 0 spiro atoms. The Morgan fingerprint density at radius 1 is 1.32 bits per heavy atom. The summed E-state index contributed by atoms with van der Waals surface area (Å²) in [7, 11) is 1.58. The lowest BCUT2D eigenvalue weighted by Gasteiger charge is -2.38. The lowest BCUT2D eigenvalue weighted by Crippen LogP contribution is -2.50. The number of likely N-dealkylation sites (tertiary alicyclic amines) is 1. The second kappa shape index (κ2) is 10.7. The maximum atomic E-state index is 14.1. The van der Waals surface area contributed by atoms with E-state index in [2.05, 4.69) is 6.92 Å². The number of halogens is 1. The third kappa shape index (κ3) is 6.89. The molecule has 1 aromatic carbocycles. The van der Waals surface area contributed by atoms with Gasteiger partial charge in [0.15, 0.2) is 6.29 Å². The molecule has 2 unspecified atom stereocenters. The molecule has 1 aliphatic rings. The molecule has 1 fully saturated rings. The molecule has 0 saturated carbocycles. The molecule has 1 saturated heterocycles. The number of hydrogen-bond donors (Lipinski definition) is 1. The van der Waals surface area contributed by atoms with Crippen LogP contribution in [-0.4, -0.2) is 47.7 Å². The maximum absolute atomic E-state index is 14.1. The van der Waals surface area contributed by atoms with Gasteiger partial charge in [0, 0.05) is 13.7 Å². The van der Waals surface area contributed by atoms with Gasteiger partial charge in [-0.05, 0) is 76.6 Å². The first-order chi connectivity index (χ1) is 14.5. The molecule has 1 heterocycles. The van der Waals surface area contributed by atoms with Crippen LogP contribution in [0.25, 0.3) is 0 Å². The Balaban J connectivity index is 2.26. The van der Waals surface area contributed by atoms with Gasteiger partial charge >= 0.3 is 6.09 Å². The number of nitrogens with zero attached hydrogens (tertiary/aromatic N) is 1. The number of ether oxygens (including phenoxy) is 3. The minimum Gasteiger partial charge on any atom is -0.444 e. The minimum absolute atomic E-state index is 0.102. The van der Waals surface area contributed by atoms with Crippen LogP contribution >= 0.6 is 0 Å². The highest BCUT2D eigenvalue weighted by atomic mass is 19.1. The summed E-state index contributed by atoms with van der Waals surface area (Å²) < 4.78 is 30.8. The zero-order chi connectivity index (χ0) is 23.2. The number of carbonyl (C=O) groups excluding carboxylic acids is 1. The van der Waals surface area contributed by atoms with Crippen LogP contribution in [0.1, 0.15) is 77.8 Å². The van der Waals surface area contributed by atoms with Gasteiger partial charge in [0.1, 0.15) is 17.0 Å². The largest absolute Gasteiger partial charge is 0.444 e. The molecule has 176 valence electrons. The lowest BCUT2D eigenvalue weighted by molar-refractivity contribution is -0.136. The summed E-state index contributed by atoms with van der Waals surface area (Å²) in [5.74, 6) is -0.406. The summed E-state index contributed by atoms with van der Waals surface area (Å²) >= 11 is 0. The van der Waals surface area contributed by atoms with Crippen molar-refractivity contribution >= 4 is 6.09 Å². The number of amides is 1. The maximum Gasteiger partial charge on any atom is 0.410 e. The highest BCUT2D eigenvalue weighted by Crippen LogP contribution is 2.37. The molecule has 2 rings (SSSR count). The summed E-state index contributed by atoms with van der Waals surface area (Å²) in [6.07, 6.45) is 3.25. The molecular formula is C24H38FNO5. The molecule has 7 heteroatoms. The number of rotatable bonds is 9. The second-order valence-corrected chi connectivity index (χ2v) is 9.40. The summed E-state index contributed by atoms with van der Waals surface area (Å²) in [4.78, 5) is 14.3. The zero-order valence-electron chi connectivity index (χ0n) is 19.7. The third-order valence-electron chi connectivity index (χ3n) is 5.62. The van der Waals surface area contributed by atoms with E-state index in [0.717, 1.165) is 25.7 Å². The Hall–Kier alpha value is -1.70. The molecule has 31 heavy (non-hydrogen) atoms. The molecular weight excluding hydrogens is 401 g/mol. The predicted molar refractivity (Wildman–Crippen MR) is 117 cm³/mol. The first-order valence-electron chi connectivity index (χ1n) is 11.1. The monoisotopic (exact) mass is 439 g/mol. The molecule has 0 bridgehead atoms. The van der Waals surface area contributed by atoms with Crippen molar-refractivity contribution in [2.75, 3.05) is 13.7 Å². The molecule has 0 aromatic heterocycles. The summed E-state index contributed by atoms with van der Waals surface area (Å²) in [5, 5.41) is 11.6. The van der Waals surface area contributed by atoms with Crippen molar-refractivity contribution in [3.63, 3.8) is 0 Å². The van der Waals surface area contributed by atoms with Crippen molar-refractivity contribution in [2.45, 2.75) is 96.9 Å². The Morgan fingerprint density at radius 2 is 2.03 bits per heavy atom. The first-order valence-corrected chi connectivity index (χ1v) is 11.1. The van der Waals surface area contributed by atoms with Crippen LogP contribution in [-0.2, 0) is 26.4 Å². The van der Waals surface area contributed by atoms with Crippen molar-refractivity contribution < 1.29 is 28.5 Å². The average Bonchev–Trinajstić information content (AvgIpc) is 3.18. The van der Waals surface area contributed by atoms with Gasteiger partial charge in [0.05, 0.1) is 12.6 Å². The number of hydrogen-bond acceptors (Lipinski definition) is 5. The molecule has 1 amide bonds. The third-order valence-corrected chi connectivity index (χ3v) is 5.62. The average molecular weight is 440 g/mol. The van der Waals surface area contributed by atoms with Crippen molar-refractivity contribution in [1.82, 2.24) is 4.90 Å². The number of carbonyl (C=O) groups is 1. The Labute approximate surface area is 185 Å². The molecule has 1 aromatic rings. The van der Waals surface area contributed by atoms with Gasteiger partial charge in [0.2, 0.25) is 0 Å². The fraction of sp³-hybridized carbons (Fsp3) is 0.708. The van der Waals surface area contributed by atoms with Crippen LogP contribution in [0.2, 0.25) is 0 Å². The molecule has 1 aliphatic heterocycles. The van der Waals surface area contributed by atoms with Crippen LogP contribution in [0.3, 0.4) is 0 Å². The van der Waals surface area contributed by atoms with E-state index in [9.17, 15) is 14.3 Å². The summed E-state index contributed by atoms with van der Waals surface area (Å²) in [6, 6.07) is 3.80. The SMILES string of the molecule is CCCCC(OC)OCc1cc(F)ccc1C(C)(O)[C@H]1CCCN1C(=O)OC(C)(C)C. The van der Waals surface area contributed by atoms with Gasteiger partial charge in [-0.15, -0.1) is 0 Å². The lowest BCUT2D eigenvalue weighted by atomic mass is 9.84. The Kier molecular flexibility index (Phi) is 8.86. The smallest absolute Gasteiger partial charge is 0.410 e. The van der Waals surface area contributed by atoms with Crippen LogP contribution in [0.5, 0.6) is 0 Å². The molecule has 0 radical (unpaired) electrons. The highest BCUT2D eigenvalue weighted by Gasteiger charge is 2.45. The van der Waals surface area contributed by atoms with Crippen molar-refractivity contribution in [3.05, 3.63) is 35.1 Å². The van der Waals surface area contributed by atoms with Crippen LogP contribution in [0, 0.1) is 5.82 Å². The van der Waals surface area contributed by atoms with Gasteiger partial charge in [-0.1, -0.05) is 19.4 Å². The Bertz CT molecular complexity index is 731. The molecule has 1 N–H and O–H groups in total. The van der Waals surface area contributed by atoms with Crippen molar-refractivity contribution in [3.8, 4) is 0 Å². The summed E-state index contributed by atoms with van der Waals surface area (Å²) in [6.45, 7) is 9.81. The first kappa shape index (κ1) is 25.6. The fourth-order valence-electron chi connectivity index (χ4n) is 4.07. The molecule has 3 atom stereocenters. The van der Waals surface area contributed by atoms with Crippen molar-refractivity contribution in [2.24, 2.45) is 0 Å². The molecule has 0 aliphatic carbocycles. The fourth-order valence-corrected chi connectivity index (χ4v) is 4.07. The Morgan fingerprint density at radius 3 is 2.65 bits per heavy atom. The van der Waals surface area contributed by atoms with E-state index in [4.69, 9.17) is 14.2 Å². The van der Waals surface area contributed by atoms with Crippen LogP contribution in [0.15, 0.2) is 18.2 Å². The van der Waals surface area contributed by atoms with Gasteiger partial charge < -0.3 is 24.2 Å². The second-order valence-electron chi connectivity index (χ2n) is 9.40.